The lowest BCUT2D eigenvalue weighted by Crippen LogP contribution is -2.31. The second-order valence-corrected chi connectivity index (χ2v) is 9.04. The summed E-state index contributed by atoms with van der Waals surface area (Å²) in [5.41, 5.74) is 3.69. The number of hydrazone groups is 1. The maximum Gasteiger partial charge on any atom is 0.270 e. The summed E-state index contributed by atoms with van der Waals surface area (Å²) in [6.45, 7) is 3.76. The zero-order chi connectivity index (χ0) is 23.0. The Labute approximate surface area is 184 Å². The highest BCUT2D eigenvalue weighted by Crippen LogP contribution is 2.32. The van der Waals surface area contributed by atoms with Crippen molar-refractivity contribution in [3.63, 3.8) is 0 Å². The monoisotopic (exact) mass is 452 g/mol. The Hall–Kier alpha value is -3.63. The maximum atomic E-state index is 13.1. The van der Waals surface area contributed by atoms with E-state index in [-0.39, 0.29) is 40.9 Å². The van der Waals surface area contributed by atoms with Crippen LogP contribution in [0.15, 0.2) is 64.6 Å². The first kappa shape index (κ1) is 21.6. The summed E-state index contributed by atoms with van der Waals surface area (Å²) in [5, 5.41) is 17.2. The summed E-state index contributed by atoms with van der Waals surface area (Å²) in [4.78, 5) is 23.3. The molecular weight excluding hydrogens is 432 g/mol. The highest BCUT2D eigenvalue weighted by atomic mass is 32.2. The third-order valence-electron chi connectivity index (χ3n) is 5.41. The van der Waals surface area contributed by atoms with Crippen LogP contribution in [-0.4, -0.2) is 42.2 Å². The maximum absolute atomic E-state index is 13.1. The van der Waals surface area contributed by atoms with E-state index in [2.05, 4.69) is 10.5 Å². The van der Waals surface area contributed by atoms with Crippen LogP contribution >= 0.6 is 0 Å². The molecule has 4 rings (SSSR count). The molecule has 0 spiro atoms. The zero-order valence-corrected chi connectivity index (χ0v) is 18.2. The first-order valence-electron chi connectivity index (χ1n) is 9.98. The molecule has 3 aromatic carbocycles. The number of hydrogen-bond acceptors (Lipinski definition) is 7. The van der Waals surface area contributed by atoms with Gasteiger partial charge in [-0.1, -0.05) is 50.2 Å². The number of nitro benzene ring substituents is 1. The van der Waals surface area contributed by atoms with E-state index in [0.717, 1.165) is 16.8 Å². The van der Waals surface area contributed by atoms with Crippen LogP contribution in [-0.2, 0) is 10.0 Å². The van der Waals surface area contributed by atoms with Gasteiger partial charge < -0.3 is 0 Å². The first-order valence-corrected chi connectivity index (χ1v) is 11.4. The molecule has 0 amide bonds. The molecule has 10 heteroatoms. The van der Waals surface area contributed by atoms with Crippen molar-refractivity contribution in [2.45, 2.75) is 18.7 Å². The van der Waals surface area contributed by atoms with Crippen molar-refractivity contribution in [3.05, 3.63) is 75.8 Å². The molecule has 0 saturated heterocycles. The van der Waals surface area contributed by atoms with Gasteiger partial charge in [0.1, 0.15) is 10.6 Å². The molecule has 0 bridgehead atoms. The van der Waals surface area contributed by atoms with Crippen molar-refractivity contribution in [3.8, 4) is 0 Å². The molecule has 0 atom stereocenters. The molecule has 3 aromatic rings. The zero-order valence-electron chi connectivity index (χ0n) is 17.4. The van der Waals surface area contributed by atoms with E-state index in [1.54, 1.807) is 32.0 Å². The van der Waals surface area contributed by atoms with Crippen molar-refractivity contribution in [1.29, 1.82) is 0 Å². The Morgan fingerprint density at radius 3 is 2.31 bits per heavy atom. The molecule has 1 aliphatic rings. The van der Waals surface area contributed by atoms with E-state index >= 15 is 0 Å². The van der Waals surface area contributed by atoms with Crippen molar-refractivity contribution in [2.24, 2.45) is 5.10 Å². The molecule has 9 nitrogen and oxygen atoms in total. The minimum absolute atomic E-state index is 0.0472. The third kappa shape index (κ3) is 3.43. The van der Waals surface area contributed by atoms with Gasteiger partial charge in [0.2, 0.25) is 15.8 Å². The van der Waals surface area contributed by atoms with Crippen LogP contribution < -0.4 is 5.43 Å². The van der Waals surface area contributed by atoms with Crippen LogP contribution in [0.1, 0.15) is 29.8 Å². The molecule has 0 unspecified atom stereocenters. The SMILES string of the molecule is CCN(CC)S(=O)(=O)c1cc([N+](=O)[O-])ccc1NN=C1C(=O)c2cccc3cccc1c23. The Morgan fingerprint density at radius 1 is 1.03 bits per heavy atom. The van der Waals surface area contributed by atoms with Crippen LogP contribution in [0.5, 0.6) is 0 Å². The van der Waals surface area contributed by atoms with E-state index in [1.165, 1.54) is 16.4 Å². The predicted octanol–water partition coefficient (Wildman–Crippen LogP) is 3.79. The number of Topliss-reactive ketones (excluding diaryl/α,β-unsaturated/α-hetero) is 1. The Kier molecular flexibility index (Phi) is 5.49. The number of carbonyl (C=O) groups excluding carboxylic acids is 1. The minimum Gasteiger partial charge on any atom is -0.287 e. The van der Waals surface area contributed by atoms with Crippen molar-refractivity contribution < 1.29 is 18.1 Å². The first-order chi connectivity index (χ1) is 15.3. The van der Waals surface area contributed by atoms with Gasteiger partial charge in [0.15, 0.2) is 0 Å². The molecule has 0 radical (unpaired) electrons. The van der Waals surface area contributed by atoms with Crippen molar-refractivity contribution in [2.75, 3.05) is 18.5 Å². The van der Waals surface area contributed by atoms with Crippen LogP contribution in [0, 0.1) is 10.1 Å². The average molecular weight is 452 g/mol. The van der Waals surface area contributed by atoms with Gasteiger partial charge in [0, 0.05) is 41.7 Å². The van der Waals surface area contributed by atoms with Gasteiger partial charge in [0.05, 0.1) is 10.6 Å². The van der Waals surface area contributed by atoms with E-state index < -0.39 is 14.9 Å². The molecule has 0 saturated carbocycles. The van der Waals surface area contributed by atoms with Crippen LogP contribution in [0.2, 0.25) is 0 Å². The van der Waals surface area contributed by atoms with Crippen molar-refractivity contribution >= 4 is 43.7 Å². The minimum atomic E-state index is -4.03. The topological polar surface area (TPSA) is 122 Å². The Bertz CT molecular complexity index is 1390. The van der Waals surface area contributed by atoms with Gasteiger partial charge in [0.25, 0.3) is 5.69 Å². The van der Waals surface area contributed by atoms with Crippen molar-refractivity contribution in [1.82, 2.24) is 4.31 Å². The van der Waals surface area contributed by atoms with Gasteiger partial charge >= 0.3 is 0 Å². The van der Waals surface area contributed by atoms with Gasteiger partial charge in [-0.3, -0.25) is 20.3 Å². The lowest BCUT2D eigenvalue weighted by atomic mass is 10.1. The largest absolute Gasteiger partial charge is 0.287 e. The molecule has 1 aliphatic carbocycles. The number of ketones is 1. The molecule has 164 valence electrons. The lowest BCUT2D eigenvalue weighted by molar-refractivity contribution is -0.385. The standard InChI is InChI=1S/C22H20N4O5S/c1-3-25(4-2)32(30,31)19-13-15(26(28)29)11-12-18(19)23-24-21-16-9-5-7-14-8-6-10-17(20(14)16)22(21)27/h5-13,23H,3-4H2,1-2H3. The number of hydrogen-bond donors (Lipinski definition) is 1. The number of carbonyl (C=O) groups is 1. The van der Waals surface area contributed by atoms with Gasteiger partial charge in [-0.2, -0.15) is 9.41 Å². The average Bonchev–Trinajstić information content (AvgIpc) is 3.06. The fourth-order valence-corrected chi connectivity index (χ4v) is 5.46. The lowest BCUT2D eigenvalue weighted by Gasteiger charge is -2.20. The highest BCUT2D eigenvalue weighted by Gasteiger charge is 2.30. The molecule has 0 fully saturated rings. The smallest absolute Gasteiger partial charge is 0.270 e. The number of anilines is 1. The summed E-state index contributed by atoms with van der Waals surface area (Å²) < 4.78 is 27.5. The summed E-state index contributed by atoms with van der Waals surface area (Å²) in [7, 11) is -4.03. The van der Waals surface area contributed by atoms with Crippen LogP contribution in [0.3, 0.4) is 0 Å². The molecule has 0 heterocycles. The predicted molar refractivity (Wildman–Crippen MR) is 122 cm³/mol. The van der Waals surface area contributed by atoms with Gasteiger partial charge in [-0.05, 0) is 11.5 Å². The summed E-state index contributed by atoms with van der Waals surface area (Å²) in [6.07, 6.45) is 0. The number of nitro groups is 1. The molecule has 0 aromatic heterocycles. The van der Waals surface area contributed by atoms with E-state index in [0.29, 0.717) is 11.1 Å². The molecule has 0 aliphatic heterocycles. The molecular formula is C22H20N4O5S. The summed E-state index contributed by atoms with van der Waals surface area (Å²) in [5.74, 6) is -0.278. The van der Waals surface area contributed by atoms with Crippen LogP contribution in [0.4, 0.5) is 11.4 Å². The number of nitrogens with one attached hydrogen (secondary N) is 1. The quantitative estimate of drug-likeness (QED) is 0.430. The fourth-order valence-electron chi connectivity index (χ4n) is 3.84. The van der Waals surface area contributed by atoms with Gasteiger partial charge in [-0.15, -0.1) is 0 Å². The van der Waals surface area contributed by atoms with E-state index in [1.807, 2.05) is 18.2 Å². The number of benzene rings is 3. The summed E-state index contributed by atoms with van der Waals surface area (Å²) >= 11 is 0. The molecule has 32 heavy (non-hydrogen) atoms. The van der Waals surface area contributed by atoms with E-state index in [9.17, 15) is 23.3 Å². The number of sulfonamides is 1. The summed E-state index contributed by atoms with van der Waals surface area (Å²) in [6, 6.07) is 14.4. The fraction of sp³-hybridized carbons (Fsp3) is 0.182. The second-order valence-electron chi connectivity index (χ2n) is 7.14. The third-order valence-corrected chi connectivity index (χ3v) is 7.50. The van der Waals surface area contributed by atoms with Gasteiger partial charge in [-0.25, -0.2) is 8.42 Å². The number of non-ortho nitro benzene ring substituents is 1. The molecule has 1 N–H and O–H groups in total. The second kappa shape index (κ2) is 8.13. The van der Waals surface area contributed by atoms with E-state index in [4.69, 9.17) is 0 Å². The highest BCUT2D eigenvalue weighted by molar-refractivity contribution is 7.89. The Morgan fingerprint density at radius 2 is 1.69 bits per heavy atom. The normalized spacial score (nSPS) is 14.5. The Balaban J connectivity index is 1.81. The number of nitrogens with zero attached hydrogens (tertiary/aromatic N) is 3. The van der Waals surface area contributed by atoms with Crippen LogP contribution in [0.25, 0.3) is 10.8 Å². The number of rotatable bonds is 7.